The zero-order valence-electron chi connectivity index (χ0n) is 12.6. The maximum absolute atomic E-state index is 11.5. The molecule has 0 fully saturated rings. The van der Waals surface area contributed by atoms with Crippen LogP contribution >= 0.6 is 11.3 Å². The molecule has 1 aromatic heterocycles. The van der Waals surface area contributed by atoms with Crippen molar-refractivity contribution in [1.82, 2.24) is 4.98 Å². The maximum Gasteiger partial charge on any atom is 0.350 e. The molecule has 0 saturated heterocycles. The summed E-state index contributed by atoms with van der Waals surface area (Å²) in [5, 5.41) is 4.66. The Morgan fingerprint density at radius 3 is 3.05 bits per heavy atom. The fraction of sp³-hybridized carbons (Fsp3) is 0.267. The first kappa shape index (κ1) is 16.0. The zero-order chi connectivity index (χ0) is 15.9. The quantitative estimate of drug-likeness (QED) is 0.503. The van der Waals surface area contributed by atoms with Crippen molar-refractivity contribution in [2.24, 2.45) is 5.10 Å². The molecular formula is C15H17N3O3S. The lowest BCUT2D eigenvalue weighted by atomic mass is 10.2. The third-order valence-corrected chi connectivity index (χ3v) is 3.75. The Kier molecular flexibility index (Phi) is 5.48. The summed E-state index contributed by atoms with van der Waals surface area (Å²) in [7, 11) is 1.35. The van der Waals surface area contributed by atoms with E-state index in [4.69, 9.17) is 9.47 Å². The minimum Gasteiger partial charge on any atom is -0.494 e. The van der Waals surface area contributed by atoms with Crippen molar-refractivity contribution in [2.45, 2.75) is 13.8 Å². The number of anilines is 1. The smallest absolute Gasteiger partial charge is 0.350 e. The second-order valence-corrected chi connectivity index (χ2v) is 5.30. The summed E-state index contributed by atoms with van der Waals surface area (Å²) in [5.74, 6) is 0.404. The predicted molar refractivity (Wildman–Crippen MR) is 87.0 cm³/mol. The van der Waals surface area contributed by atoms with Crippen LogP contribution in [-0.4, -0.2) is 30.9 Å². The van der Waals surface area contributed by atoms with Gasteiger partial charge in [0.2, 0.25) is 5.13 Å². The van der Waals surface area contributed by atoms with E-state index in [9.17, 15) is 4.79 Å². The van der Waals surface area contributed by atoms with Gasteiger partial charge in [-0.05, 0) is 31.5 Å². The third-order valence-electron chi connectivity index (χ3n) is 2.71. The SMILES string of the molecule is CCOc1cccc(/C=N\Nc2nc(C)c(C(=O)OC)s2)c1. The van der Waals surface area contributed by atoms with Gasteiger partial charge in [-0.3, -0.25) is 5.43 Å². The molecule has 2 rings (SSSR count). The van der Waals surface area contributed by atoms with Crippen LogP contribution < -0.4 is 10.2 Å². The molecule has 116 valence electrons. The number of ether oxygens (including phenoxy) is 2. The molecule has 1 heterocycles. The van der Waals surface area contributed by atoms with E-state index in [2.05, 4.69) is 15.5 Å². The minimum absolute atomic E-state index is 0.392. The first-order chi connectivity index (χ1) is 10.6. The number of methoxy groups -OCH3 is 1. The summed E-state index contributed by atoms with van der Waals surface area (Å²) in [6.07, 6.45) is 1.66. The highest BCUT2D eigenvalue weighted by Crippen LogP contribution is 2.23. The van der Waals surface area contributed by atoms with Gasteiger partial charge in [0.1, 0.15) is 10.6 Å². The number of nitrogens with one attached hydrogen (secondary N) is 1. The summed E-state index contributed by atoms with van der Waals surface area (Å²) < 4.78 is 10.1. The molecule has 0 saturated carbocycles. The van der Waals surface area contributed by atoms with Crippen LogP contribution in [0.25, 0.3) is 0 Å². The van der Waals surface area contributed by atoms with Crippen LogP contribution in [0.15, 0.2) is 29.4 Å². The highest BCUT2D eigenvalue weighted by molar-refractivity contribution is 7.17. The van der Waals surface area contributed by atoms with Crippen LogP contribution in [0.1, 0.15) is 27.9 Å². The van der Waals surface area contributed by atoms with Crippen molar-refractivity contribution in [3.63, 3.8) is 0 Å². The molecule has 22 heavy (non-hydrogen) atoms. The molecule has 0 aliphatic heterocycles. The van der Waals surface area contributed by atoms with E-state index < -0.39 is 5.97 Å². The Hall–Kier alpha value is -2.41. The molecule has 0 unspecified atom stereocenters. The summed E-state index contributed by atoms with van der Waals surface area (Å²) >= 11 is 1.20. The van der Waals surface area contributed by atoms with E-state index in [1.165, 1.54) is 18.4 Å². The van der Waals surface area contributed by atoms with Gasteiger partial charge in [0.15, 0.2) is 0 Å². The summed E-state index contributed by atoms with van der Waals surface area (Å²) in [6.45, 7) is 4.31. The number of nitrogens with zero attached hydrogens (tertiary/aromatic N) is 2. The first-order valence-electron chi connectivity index (χ1n) is 6.71. The van der Waals surface area contributed by atoms with Crippen LogP contribution in [-0.2, 0) is 4.74 Å². The lowest BCUT2D eigenvalue weighted by Crippen LogP contribution is -1.99. The third kappa shape index (κ3) is 4.05. The Balaban J connectivity index is 2.03. The van der Waals surface area contributed by atoms with Gasteiger partial charge in [-0.1, -0.05) is 23.5 Å². The molecule has 1 aromatic carbocycles. The number of rotatable bonds is 6. The topological polar surface area (TPSA) is 72.8 Å². The molecule has 1 N–H and O–H groups in total. The molecule has 0 atom stereocenters. The van der Waals surface area contributed by atoms with E-state index in [0.717, 1.165) is 11.3 Å². The fourth-order valence-electron chi connectivity index (χ4n) is 1.74. The highest BCUT2D eigenvalue weighted by atomic mass is 32.1. The van der Waals surface area contributed by atoms with Crippen LogP contribution in [0.2, 0.25) is 0 Å². The molecule has 0 aliphatic carbocycles. The largest absolute Gasteiger partial charge is 0.494 e. The number of carbonyl (C=O) groups excluding carboxylic acids is 1. The predicted octanol–water partition coefficient (Wildman–Crippen LogP) is 3.08. The van der Waals surface area contributed by atoms with Crippen molar-refractivity contribution in [2.75, 3.05) is 19.1 Å². The number of hydrogen-bond donors (Lipinski definition) is 1. The van der Waals surface area contributed by atoms with Gasteiger partial charge in [-0.15, -0.1) is 0 Å². The molecule has 6 nitrogen and oxygen atoms in total. The van der Waals surface area contributed by atoms with E-state index in [1.54, 1.807) is 13.1 Å². The lowest BCUT2D eigenvalue weighted by Gasteiger charge is -2.02. The molecule has 2 aromatic rings. The number of hydrazone groups is 1. The summed E-state index contributed by atoms with van der Waals surface area (Å²) in [5.41, 5.74) is 4.33. The van der Waals surface area contributed by atoms with Gasteiger partial charge in [-0.25, -0.2) is 9.78 Å². The number of thiazole rings is 1. The van der Waals surface area contributed by atoms with Gasteiger partial charge < -0.3 is 9.47 Å². The Labute approximate surface area is 132 Å². The molecule has 0 radical (unpaired) electrons. The highest BCUT2D eigenvalue weighted by Gasteiger charge is 2.15. The van der Waals surface area contributed by atoms with Crippen LogP contribution in [0.5, 0.6) is 5.75 Å². The zero-order valence-corrected chi connectivity index (χ0v) is 13.4. The number of benzene rings is 1. The maximum atomic E-state index is 11.5. The van der Waals surface area contributed by atoms with Crippen molar-refractivity contribution < 1.29 is 14.3 Å². The van der Waals surface area contributed by atoms with Crippen LogP contribution in [0.3, 0.4) is 0 Å². The number of esters is 1. The molecule has 0 aliphatic rings. The van der Waals surface area contributed by atoms with Crippen molar-refractivity contribution in [1.29, 1.82) is 0 Å². The van der Waals surface area contributed by atoms with Crippen LogP contribution in [0.4, 0.5) is 5.13 Å². The minimum atomic E-state index is -0.392. The fourth-order valence-corrected chi connectivity index (χ4v) is 2.57. The van der Waals surface area contributed by atoms with Crippen molar-refractivity contribution in [3.05, 3.63) is 40.4 Å². The lowest BCUT2D eigenvalue weighted by molar-refractivity contribution is 0.0605. The average Bonchev–Trinajstić information content (AvgIpc) is 2.88. The Morgan fingerprint density at radius 2 is 2.32 bits per heavy atom. The van der Waals surface area contributed by atoms with Gasteiger partial charge in [0.25, 0.3) is 0 Å². The number of carbonyl (C=O) groups is 1. The van der Waals surface area contributed by atoms with Gasteiger partial charge in [0, 0.05) is 0 Å². The molecule has 0 bridgehead atoms. The second kappa shape index (κ2) is 7.56. The van der Waals surface area contributed by atoms with Crippen molar-refractivity contribution in [3.8, 4) is 5.75 Å². The number of hydrogen-bond acceptors (Lipinski definition) is 7. The Bertz CT molecular complexity index is 682. The van der Waals surface area contributed by atoms with E-state index in [0.29, 0.717) is 22.3 Å². The molecular weight excluding hydrogens is 302 g/mol. The average molecular weight is 319 g/mol. The van der Waals surface area contributed by atoms with Gasteiger partial charge in [0.05, 0.1) is 25.6 Å². The normalized spacial score (nSPS) is 10.7. The Morgan fingerprint density at radius 1 is 1.50 bits per heavy atom. The number of aromatic nitrogens is 1. The van der Waals surface area contributed by atoms with Gasteiger partial charge in [-0.2, -0.15) is 5.10 Å². The van der Waals surface area contributed by atoms with Crippen LogP contribution in [0, 0.1) is 6.92 Å². The summed E-state index contributed by atoms with van der Waals surface area (Å²) in [4.78, 5) is 16.2. The standard InChI is InChI=1S/C15H17N3O3S/c1-4-21-12-7-5-6-11(8-12)9-16-18-15-17-10(2)13(22-15)14(19)20-3/h5-9H,4H2,1-3H3,(H,17,18)/b16-9-. The molecule has 0 spiro atoms. The van der Waals surface area contributed by atoms with Gasteiger partial charge >= 0.3 is 5.97 Å². The van der Waals surface area contributed by atoms with E-state index >= 15 is 0 Å². The number of aryl methyl sites for hydroxylation is 1. The first-order valence-corrected chi connectivity index (χ1v) is 7.53. The monoisotopic (exact) mass is 319 g/mol. The summed E-state index contributed by atoms with van der Waals surface area (Å²) in [6, 6.07) is 7.60. The van der Waals surface area contributed by atoms with E-state index in [1.807, 2.05) is 31.2 Å². The molecule has 7 heteroatoms. The van der Waals surface area contributed by atoms with E-state index in [-0.39, 0.29) is 0 Å². The second-order valence-electron chi connectivity index (χ2n) is 4.30. The molecule has 0 amide bonds. The van der Waals surface area contributed by atoms with Crippen molar-refractivity contribution >= 4 is 28.7 Å².